The van der Waals surface area contributed by atoms with E-state index in [0.717, 1.165) is 28.7 Å². The molecule has 0 spiro atoms. The maximum atomic E-state index is 12.2. The zero-order valence-electron chi connectivity index (χ0n) is 12.8. The quantitative estimate of drug-likeness (QED) is 0.798. The van der Waals surface area contributed by atoms with Gasteiger partial charge in [-0.15, -0.1) is 0 Å². The Morgan fingerprint density at radius 3 is 2.45 bits per heavy atom. The van der Waals surface area contributed by atoms with Crippen LogP contribution in [-0.4, -0.2) is 24.4 Å². The van der Waals surface area contributed by atoms with Gasteiger partial charge in [-0.3, -0.25) is 4.79 Å². The lowest BCUT2D eigenvalue weighted by molar-refractivity contribution is -0.129. The number of hydrogen-bond donors (Lipinski definition) is 1. The Hall–Kier alpha value is -1.81. The van der Waals surface area contributed by atoms with E-state index < -0.39 is 0 Å². The largest absolute Gasteiger partial charge is 0.399 e. The average molecular weight is 361 g/mol. The highest BCUT2D eigenvalue weighted by atomic mass is 79.9. The molecule has 4 heteroatoms. The number of carbonyl (C=O) groups excluding carboxylic acids is 1. The van der Waals surface area contributed by atoms with Crippen molar-refractivity contribution in [2.24, 2.45) is 0 Å². The zero-order chi connectivity index (χ0) is 15.9. The molecule has 0 atom stereocenters. The number of benzene rings is 2. The Morgan fingerprint density at radius 1 is 1.09 bits per heavy atom. The first-order chi connectivity index (χ1) is 10.6. The van der Waals surface area contributed by atoms with Crippen molar-refractivity contribution < 1.29 is 4.79 Å². The predicted molar refractivity (Wildman–Crippen MR) is 94.7 cm³/mol. The highest BCUT2D eigenvalue weighted by Crippen LogP contribution is 2.14. The molecule has 0 saturated heterocycles. The fourth-order valence-corrected chi connectivity index (χ4v) is 2.53. The smallest absolute Gasteiger partial charge is 0.222 e. The molecule has 0 aromatic heterocycles. The van der Waals surface area contributed by atoms with E-state index in [-0.39, 0.29) is 5.91 Å². The SMILES string of the molecule is CN(CCc1ccc(Br)cc1)C(=O)CCc1ccccc1N. The molecule has 0 radical (unpaired) electrons. The number of nitrogens with two attached hydrogens (primary N) is 1. The van der Waals surface area contributed by atoms with Gasteiger partial charge < -0.3 is 10.6 Å². The summed E-state index contributed by atoms with van der Waals surface area (Å²) in [4.78, 5) is 14.0. The standard InChI is InChI=1S/C18H21BrN2O/c1-21(13-12-14-6-9-16(19)10-7-14)18(22)11-8-15-4-2-3-5-17(15)20/h2-7,9-10H,8,11-13,20H2,1H3. The molecule has 0 unspecified atom stereocenters. The van der Waals surface area contributed by atoms with Crippen LogP contribution in [0.1, 0.15) is 17.5 Å². The molecule has 0 aliphatic rings. The van der Waals surface area contributed by atoms with Crippen molar-refractivity contribution in [2.45, 2.75) is 19.3 Å². The van der Waals surface area contributed by atoms with Gasteiger partial charge in [0.25, 0.3) is 0 Å². The molecule has 0 bridgehead atoms. The lowest BCUT2D eigenvalue weighted by Gasteiger charge is -2.17. The number of anilines is 1. The van der Waals surface area contributed by atoms with Crippen LogP contribution in [-0.2, 0) is 17.6 Å². The van der Waals surface area contributed by atoms with E-state index in [4.69, 9.17) is 5.73 Å². The van der Waals surface area contributed by atoms with E-state index in [1.807, 2.05) is 43.4 Å². The summed E-state index contributed by atoms with van der Waals surface area (Å²) in [6.07, 6.45) is 2.04. The summed E-state index contributed by atoms with van der Waals surface area (Å²) in [5, 5.41) is 0. The monoisotopic (exact) mass is 360 g/mol. The van der Waals surface area contributed by atoms with Gasteiger partial charge in [-0.1, -0.05) is 46.3 Å². The number of nitrogens with zero attached hydrogens (tertiary/aromatic N) is 1. The van der Waals surface area contributed by atoms with Gasteiger partial charge in [0.05, 0.1) is 0 Å². The molecule has 2 aromatic rings. The van der Waals surface area contributed by atoms with Crippen LogP contribution >= 0.6 is 15.9 Å². The molecular formula is C18H21BrN2O. The second-order valence-electron chi connectivity index (χ2n) is 5.39. The number of likely N-dealkylation sites (N-methyl/N-ethyl adjacent to an activating group) is 1. The molecule has 2 rings (SSSR count). The molecule has 0 fully saturated rings. The van der Waals surface area contributed by atoms with Gasteiger partial charge in [0, 0.05) is 30.2 Å². The maximum Gasteiger partial charge on any atom is 0.222 e. The number of rotatable bonds is 6. The minimum atomic E-state index is 0.153. The number of para-hydroxylation sites is 1. The second kappa shape index (κ2) is 7.99. The van der Waals surface area contributed by atoms with Crippen LogP contribution in [0.5, 0.6) is 0 Å². The Balaban J connectivity index is 1.79. The van der Waals surface area contributed by atoms with E-state index >= 15 is 0 Å². The zero-order valence-corrected chi connectivity index (χ0v) is 14.3. The molecule has 1 amide bonds. The van der Waals surface area contributed by atoms with Crippen molar-refractivity contribution in [3.8, 4) is 0 Å². The summed E-state index contributed by atoms with van der Waals surface area (Å²) in [5.74, 6) is 0.153. The van der Waals surface area contributed by atoms with Crippen LogP contribution in [0, 0.1) is 0 Å². The summed E-state index contributed by atoms with van der Waals surface area (Å²) < 4.78 is 1.07. The Bertz CT molecular complexity index is 625. The molecule has 2 N–H and O–H groups in total. The van der Waals surface area contributed by atoms with E-state index in [0.29, 0.717) is 12.8 Å². The lowest BCUT2D eigenvalue weighted by Crippen LogP contribution is -2.29. The predicted octanol–water partition coefficient (Wildman–Crippen LogP) is 3.67. The number of nitrogen functional groups attached to an aromatic ring is 1. The first-order valence-corrected chi connectivity index (χ1v) is 8.17. The van der Waals surface area contributed by atoms with Crippen molar-refractivity contribution >= 4 is 27.5 Å². The summed E-state index contributed by atoms with van der Waals surface area (Å²) in [6, 6.07) is 15.9. The summed E-state index contributed by atoms with van der Waals surface area (Å²) >= 11 is 3.42. The van der Waals surface area contributed by atoms with Gasteiger partial charge in [-0.05, 0) is 42.2 Å². The van der Waals surface area contributed by atoms with Crippen LogP contribution in [0.4, 0.5) is 5.69 Å². The minimum absolute atomic E-state index is 0.153. The first kappa shape index (κ1) is 16.6. The fraction of sp³-hybridized carbons (Fsp3) is 0.278. The van der Waals surface area contributed by atoms with Crippen molar-refractivity contribution in [3.05, 3.63) is 64.1 Å². The Morgan fingerprint density at radius 2 is 1.77 bits per heavy atom. The topological polar surface area (TPSA) is 46.3 Å². The molecule has 0 aliphatic carbocycles. The van der Waals surface area contributed by atoms with Crippen LogP contribution < -0.4 is 5.73 Å². The lowest BCUT2D eigenvalue weighted by atomic mass is 10.1. The van der Waals surface area contributed by atoms with Crippen LogP contribution in [0.3, 0.4) is 0 Å². The van der Waals surface area contributed by atoms with E-state index in [2.05, 4.69) is 28.1 Å². The molecule has 22 heavy (non-hydrogen) atoms. The molecular weight excluding hydrogens is 340 g/mol. The Labute approximate surface area is 140 Å². The molecule has 3 nitrogen and oxygen atoms in total. The van der Waals surface area contributed by atoms with Crippen molar-refractivity contribution in [1.29, 1.82) is 0 Å². The Kier molecular flexibility index (Phi) is 6.01. The third-order valence-electron chi connectivity index (χ3n) is 3.74. The van der Waals surface area contributed by atoms with Gasteiger partial charge in [0.15, 0.2) is 0 Å². The molecule has 0 aliphatic heterocycles. The fourth-order valence-electron chi connectivity index (χ4n) is 2.27. The maximum absolute atomic E-state index is 12.2. The normalized spacial score (nSPS) is 10.5. The molecule has 0 heterocycles. The first-order valence-electron chi connectivity index (χ1n) is 7.38. The van der Waals surface area contributed by atoms with Crippen molar-refractivity contribution in [1.82, 2.24) is 4.90 Å². The van der Waals surface area contributed by atoms with E-state index in [1.165, 1.54) is 5.56 Å². The second-order valence-corrected chi connectivity index (χ2v) is 6.31. The van der Waals surface area contributed by atoms with Crippen LogP contribution in [0.25, 0.3) is 0 Å². The van der Waals surface area contributed by atoms with Gasteiger partial charge >= 0.3 is 0 Å². The number of hydrogen-bond acceptors (Lipinski definition) is 2. The number of amides is 1. The van der Waals surface area contributed by atoms with E-state index in [9.17, 15) is 4.79 Å². The number of halogens is 1. The minimum Gasteiger partial charge on any atom is -0.399 e. The van der Waals surface area contributed by atoms with Crippen molar-refractivity contribution in [2.75, 3.05) is 19.3 Å². The summed E-state index contributed by atoms with van der Waals surface area (Å²) in [7, 11) is 1.86. The molecule has 116 valence electrons. The highest BCUT2D eigenvalue weighted by molar-refractivity contribution is 9.10. The van der Waals surface area contributed by atoms with Crippen molar-refractivity contribution in [3.63, 3.8) is 0 Å². The van der Waals surface area contributed by atoms with Gasteiger partial charge in [0.1, 0.15) is 0 Å². The third kappa shape index (κ3) is 4.88. The summed E-state index contributed by atoms with van der Waals surface area (Å²) in [6.45, 7) is 0.727. The summed E-state index contributed by atoms with van der Waals surface area (Å²) in [5.41, 5.74) is 8.93. The molecule has 0 saturated carbocycles. The van der Waals surface area contributed by atoms with E-state index in [1.54, 1.807) is 4.90 Å². The number of aryl methyl sites for hydroxylation is 1. The van der Waals surface area contributed by atoms with Gasteiger partial charge in [-0.2, -0.15) is 0 Å². The van der Waals surface area contributed by atoms with Crippen LogP contribution in [0.2, 0.25) is 0 Å². The van der Waals surface area contributed by atoms with Gasteiger partial charge in [0.2, 0.25) is 5.91 Å². The third-order valence-corrected chi connectivity index (χ3v) is 4.27. The highest BCUT2D eigenvalue weighted by Gasteiger charge is 2.09. The average Bonchev–Trinajstić information content (AvgIpc) is 2.53. The van der Waals surface area contributed by atoms with Gasteiger partial charge in [-0.25, -0.2) is 0 Å². The molecule has 2 aromatic carbocycles. The number of carbonyl (C=O) groups is 1. The van der Waals surface area contributed by atoms with Crippen LogP contribution in [0.15, 0.2) is 53.0 Å².